The average molecular weight is 327 g/mol. The number of carbonyl (C=O) groups excluding carboxylic acids is 1. The standard InChI is InChI=1S/C17H21N5O2/c1-12-6-2-3-7-14(12)24-11-15-19-10-13(17(23)21-18)16(20-15)22-8-4-5-9-22/h2-3,6-7,10H,4-5,8-9,11,18H2,1H3,(H,21,23). The molecular weight excluding hydrogens is 306 g/mol. The lowest BCUT2D eigenvalue weighted by molar-refractivity contribution is 0.0953. The molecule has 1 amide bonds. The number of para-hydroxylation sites is 1. The van der Waals surface area contributed by atoms with E-state index in [0.717, 1.165) is 37.2 Å². The molecule has 1 saturated heterocycles. The number of amides is 1. The van der Waals surface area contributed by atoms with Gasteiger partial charge in [0.25, 0.3) is 5.91 Å². The maximum Gasteiger partial charge on any atom is 0.270 e. The molecule has 1 fully saturated rings. The highest BCUT2D eigenvalue weighted by molar-refractivity contribution is 5.98. The Morgan fingerprint density at radius 3 is 2.79 bits per heavy atom. The summed E-state index contributed by atoms with van der Waals surface area (Å²) >= 11 is 0. The molecule has 1 aromatic heterocycles. The summed E-state index contributed by atoms with van der Waals surface area (Å²) in [4.78, 5) is 22.8. The number of hydrogen-bond donors (Lipinski definition) is 2. The molecule has 2 heterocycles. The number of carbonyl (C=O) groups is 1. The van der Waals surface area contributed by atoms with Gasteiger partial charge >= 0.3 is 0 Å². The number of ether oxygens (including phenoxy) is 1. The molecule has 7 nitrogen and oxygen atoms in total. The number of anilines is 1. The first-order chi connectivity index (χ1) is 11.7. The van der Waals surface area contributed by atoms with E-state index in [4.69, 9.17) is 10.6 Å². The lowest BCUT2D eigenvalue weighted by Gasteiger charge is -2.19. The SMILES string of the molecule is Cc1ccccc1OCc1ncc(C(=O)NN)c(N2CCCC2)n1. The highest BCUT2D eigenvalue weighted by atomic mass is 16.5. The van der Waals surface area contributed by atoms with Crippen LogP contribution in [0.25, 0.3) is 0 Å². The van der Waals surface area contributed by atoms with Crippen LogP contribution in [0.15, 0.2) is 30.5 Å². The van der Waals surface area contributed by atoms with Crippen LogP contribution in [0.2, 0.25) is 0 Å². The molecule has 0 spiro atoms. The molecule has 0 aliphatic carbocycles. The van der Waals surface area contributed by atoms with Gasteiger partial charge < -0.3 is 9.64 Å². The topological polar surface area (TPSA) is 93.4 Å². The van der Waals surface area contributed by atoms with Gasteiger partial charge in [-0.3, -0.25) is 10.2 Å². The number of hydrazine groups is 1. The van der Waals surface area contributed by atoms with Crippen LogP contribution in [-0.4, -0.2) is 29.0 Å². The molecule has 0 bridgehead atoms. The van der Waals surface area contributed by atoms with Crippen LogP contribution >= 0.6 is 0 Å². The molecule has 1 aliphatic rings. The second-order valence-corrected chi connectivity index (χ2v) is 5.75. The summed E-state index contributed by atoms with van der Waals surface area (Å²) in [5.74, 6) is 6.83. The monoisotopic (exact) mass is 327 g/mol. The van der Waals surface area contributed by atoms with Crippen molar-refractivity contribution in [1.82, 2.24) is 15.4 Å². The van der Waals surface area contributed by atoms with Crippen molar-refractivity contribution in [3.8, 4) is 5.75 Å². The van der Waals surface area contributed by atoms with Crippen LogP contribution < -0.4 is 20.9 Å². The van der Waals surface area contributed by atoms with Crippen molar-refractivity contribution in [2.45, 2.75) is 26.4 Å². The van der Waals surface area contributed by atoms with Crippen LogP contribution in [0.1, 0.15) is 34.6 Å². The van der Waals surface area contributed by atoms with Crippen LogP contribution in [0.4, 0.5) is 5.82 Å². The predicted octanol–water partition coefficient (Wildman–Crippen LogP) is 1.57. The van der Waals surface area contributed by atoms with Crippen molar-refractivity contribution in [2.75, 3.05) is 18.0 Å². The minimum Gasteiger partial charge on any atom is -0.485 e. The number of rotatable bonds is 5. The fourth-order valence-corrected chi connectivity index (χ4v) is 2.75. The predicted molar refractivity (Wildman–Crippen MR) is 90.6 cm³/mol. The van der Waals surface area contributed by atoms with Crippen molar-refractivity contribution >= 4 is 11.7 Å². The number of nitrogen functional groups attached to an aromatic ring is 1. The molecule has 126 valence electrons. The summed E-state index contributed by atoms with van der Waals surface area (Å²) in [7, 11) is 0. The molecule has 7 heteroatoms. The second kappa shape index (κ2) is 7.27. The number of aromatic nitrogens is 2. The van der Waals surface area contributed by atoms with E-state index in [2.05, 4.69) is 20.3 Å². The van der Waals surface area contributed by atoms with Gasteiger partial charge in [-0.1, -0.05) is 18.2 Å². The van der Waals surface area contributed by atoms with Crippen LogP contribution in [0.3, 0.4) is 0 Å². The number of aryl methyl sites for hydroxylation is 1. The third-order valence-electron chi connectivity index (χ3n) is 4.05. The van der Waals surface area contributed by atoms with Gasteiger partial charge in [-0.2, -0.15) is 0 Å². The number of nitrogens with one attached hydrogen (secondary N) is 1. The van der Waals surface area contributed by atoms with Gasteiger partial charge in [-0.05, 0) is 31.4 Å². The van der Waals surface area contributed by atoms with E-state index in [9.17, 15) is 4.79 Å². The fourth-order valence-electron chi connectivity index (χ4n) is 2.75. The quantitative estimate of drug-likeness (QED) is 0.492. The molecule has 0 unspecified atom stereocenters. The normalized spacial score (nSPS) is 13.8. The van der Waals surface area contributed by atoms with Crippen LogP contribution in [0.5, 0.6) is 5.75 Å². The lowest BCUT2D eigenvalue weighted by Crippen LogP contribution is -2.33. The van der Waals surface area contributed by atoms with Gasteiger partial charge in [-0.15, -0.1) is 0 Å². The first kappa shape index (κ1) is 16.2. The van der Waals surface area contributed by atoms with Gasteiger partial charge in [0.2, 0.25) is 0 Å². The Balaban J connectivity index is 1.82. The molecule has 1 aromatic carbocycles. The maximum absolute atomic E-state index is 12.0. The van der Waals surface area contributed by atoms with Crippen molar-refractivity contribution < 1.29 is 9.53 Å². The Bertz CT molecular complexity index is 729. The maximum atomic E-state index is 12.0. The van der Waals surface area contributed by atoms with Gasteiger partial charge in [0.05, 0.1) is 0 Å². The largest absolute Gasteiger partial charge is 0.485 e. The fraction of sp³-hybridized carbons (Fsp3) is 0.353. The van der Waals surface area contributed by atoms with E-state index in [1.165, 1.54) is 6.20 Å². The van der Waals surface area contributed by atoms with E-state index in [0.29, 0.717) is 17.2 Å². The highest BCUT2D eigenvalue weighted by Crippen LogP contribution is 2.23. The zero-order valence-corrected chi connectivity index (χ0v) is 13.7. The Morgan fingerprint density at radius 1 is 1.33 bits per heavy atom. The van der Waals surface area contributed by atoms with Gasteiger partial charge in [-0.25, -0.2) is 15.8 Å². The Hall–Kier alpha value is -2.67. The highest BCUT2D eigenvalue weighted by Gasteiger charge is 2.22. The molecular formula is C17H21N5O2. The zero-order valence-electron chi connectivity index (χ0n) is 13.7. The third-order valence-corrected chi connectivity index (χ3v) is 4.05. The zero-order chi connectivity index (χ0) is 16.9. The molecule has 0 radical (unpaired) electrons. The first-order valence-electron chi connectivity index (χ1n) is 7.99. The van der Waals surface area contributed by atoms with Gasteiger partial charge in [0.1, 0.15) is 23.7 Å². The average Bonchev–Trinajstić information content (AvgIpc) is 3.15. The lowest BCUT2D eigenvalue weighted by atomic mass is 10.2. The van der Waals surface area contributed by atoms with E-state index in [1.54, 1.807) is 0 Å². The molecule has 24 heavy (non-hydrogen) atoms. The summed E-state index contributed by atoms with van der Waals surface area (Å²) in [6, 6.07) is 7.78. The Morgan fingerprint density at radius 2 is 2.08 bits per heavy atom. The number of hydrogen-bond acceptors (Lipinski definition) is 6. The molecule has 1 aliphatic heterocycles. The van der Waals surface area contributed by atoms with Crippen molar-refractivity contribution in [1.29, 1.82) is 0 Å². The van der Waals surface area contributed by atoms with Crippen molar-refractivity contribution in [3.63, 3.8) is 0 Å². The minimum atomic E-state index is -0.386. The van der Waals surface area contributed by atoms with E-state index in [-0.39, 0.29) is 12.5 Å². The molecule has 2 aromatic rings. The van der Waals surface area contributed by atoms with E-state index < -0.39 is 0 Å². The molecule has 3 rings (SSSR count). The summed E-state index contributed by atoms with van der Waals surface area (Å²) in [6.07, 6.45) is 3.69. The van der Waals surface area contributed by atoms with Crippen LogP contribution in [-0.2, 0) is 6.61 Å². The molecule has 0 atom stereocenters. The van der Waals surface area contributed by atoms with Gasteiger partial charge in [0, 0.05) is 19.3 Å². The second-order valence-electron chi connectivity index (χ2n) is 5.75. The minimum absolute atomic E-state index is 0.246. The molecule has 3 N–H and O–H groups in total. The Labute approximate surface area is 140 Å². The number of benzene rings is 1. The number of nitrogens with zero attached hydrogens (tertiary/aromatic N) is 3. The van der Waals surface area contributed by atoms with Gasteiger partial charge in [0.15, 0.2) is 5.82 Å². The van der Waals surface area contributed by atoms with E-state index in [1.807, 2.05) is 31.2 Å². The molecule has 0 saturated carbocycles. The number of nitrogens with two attached hydrogens (primary N) is 1. The summed E-state index contributed by atoms with van der Waals surface area (Å²) in [5, 5.41) is 0. The smallest absolute Gasteiger partial charge is 0.270 e. The first-order valence-corrected chi connectivity index (χ1v) is 7.99. The third kappa shape index (κ3) is 3.46. The summed E-state index contributed by atoms with van der Waals surface area (Å²) < 4.78 is 5.80. The van der Waals surface area contributed by atoms with Crippen molar-refractivity contribution in [3.05, 3.63) is 47.4 Å². The van der Waals surface area contributed by atoms with E-state index >= 15 is 0 Å². The van der Waals surface area contributed by atoms with Crippen LogP contribution in [0, 0.1) is 6.92 Å². The summed E-state index contributed by atoms with van der Waals surface area (Å²) in [5.41, 5.74) is 3.59. The Kier molecular flexibility index (Phi) is 4.90. The van der Waals surface area contributed by atoms with Crippen molar-refractivity contribution in [2.24, 2.45) is 5.84 Å². The summed E-state index contributed by atoms with van der Waals surface area (Å²) in [6.45, 7) is 3.98.